The molecule has 2 atom stereocenters. The second-order valence-corrected chi connectivity index (χ2v) is 4.57. The molecule has 6 heteroatoms. The molecule has 18 heavy (non-hydrogen) atoms. The summed E-state index contributed by atoms with van der Waals surface area (Å²) >= 11 is 0. The van der Waals surface area contributed by atoms with Crippen molar-refractivity contribution in [2.45, 2.75) is 12.5 Å². The summed E-state index contributed by atoms with van der Waals surface area (Å²) in [7, 11) is 0. The first-order valence-electron chi connectivity index (χ1n) is 5.83. The SMILES string of the molecule is Nc1cc2c(ncn2[C@H]2C=C[C@@H](CO)C2)c(=O)[nH]1. The number of nitrogens with one attached hydrogen (secondary N) is 1. The molecule has 3 rings (SSSR count). The van der Waals surface area contributed by atoms with Gasteiger partial charge in [-0.25, -0.2) is 4.98 Å². The van der Waals surface area contributed by atoms with Crippen LogP contribution in [0.1, 0.15) is 12.5 Å². The van der Waals surface area contributed by atoms with Gasteiger partial charge in [0.2, 0.25) is 0 Å². The number of nitrogens with two attached hydrogens (primary N) is 1. The number of rotatable bonds is 2. The number of imidazole rings is 1. The number of aromatic nitrogens is 3. The summed E-state index contributed by atoms with van der Waals surface area (Å²) in [6.45, 7) is 0.141. The average molecular weight is 246 g/mol. The number of hydrogen-bond donors (Lipinski definition) is 3. The number of aliphatic hydroxyl groups is 1. The molecule has 2 heterocycles. The first-order valence-corrected chi connectivity index (χ1v) is 5.83. The number of H-pyrrole nitrogens is 1. The quantitative estimate of drug-likeness (QED) is 0.669. The summed E-state index contributed by atoms with van der Waals surface area (Å²) in [5.41, 5.74) is 6.50. The standard InChI is InChI=1S/C12H14N4O2/c13-10-4-9-11(12(18)15-10)14-6-16(9)8-2-1-7(3-8)5-17/h1-2,4,6-8,17H,3,5H2,(H3,13,15,18)/t7-,8+/m1/s1. The maximum atomic E-state index is 11.7. The fraction of sp³-hybridized carbons (Fsp3) is 0.333. The highest BCUT2D eigenvalue weighted by Crippen LogP contribution is 2.29. The minimum Gasteiger partial charge on any atom is -0.396 e. The van der Waals surface area contributed by atoms with E-state index in [-0.39, 0.29) is 24.1 Å². The maximum absolute atomic E-state index is 11.7. The molecule has 2 aromatic rings. The van der Waals surface area contributed by atoms with E-state index in [1.165, 1.54) is 0 Å². The van der Waals surface area contributed by atoms with Gasteiger partial charge in [0.25, 0.3) is 5.56 Å². The molecule has 0 radical (unpaired) electrons. The molecule has 0 aromatic carbocycles. The topological polar surface area (TPSA) is 96.9 Å². The molecule has 94 valence electrons. The molecule has 6 nitrogen and oxygen atoms in total. The van der Waals surface area contributed by atoms with E-state index in [1.807, 2.05) is 16.7 Å². The van der Waals surface area contributed by atoms with Crippen molar-refractivity contribution in [2.75, 3.05) is 12.3 Å². The highest BCUT2D eigenvalue weighted by molar-refractivity contribution is 5.76. The highest BCUT2D eigenvalue weighted by atomic mass is 16.3. The van der Waals surface area contributed by atoms with Gasteiger partial charge in [-0.05, 0) is 6.42 Å². The maximum Gasteiger partial charge on any atom is 0.277 e. The minimum atomic E-state index is -0.274. The summed E-state index contributed by atoms with van der Waals surface area (Å²) in [5.74, 6) is 0.502. The normalized spacial score (nSPS) is 22.9. The molecular weight excluding hydrogens is 232 g/mol. The molecule has 0 saturated carbocycles. The molecule has 0 fully saturated rings. The number of nitrogens with zero attached hydrogens (tertiary/aromatic N) is 2. The van der Waals surface area contributed by atoms with Gasteiger partial charge in [0, 0.05) is 18.6 Å². The largest absolute Gasteiger partial charge is 0.396 e. The van der Waals surface area contributed by atoms with E-state index < -0.39 is 0 Å². The fourth-order valence-electron chi connectivity index (χ4n) is 2.42. The van der Waals surface area contributed by atoms with Crippen LogP contribution in [0.3, 0.4) is 0 Å². The van der Waals surface area contributed by atoms with Gasteiger partial charge in [0.15, 0.2) is 5.52 Å². The van der Waals surface area contributed by atoms with Crippen molar-refractivity contribution in [2.24, 2.45) is 5.92 Å². The summed E-state index contributed by atoms with van der Waals surface area (Å²) in [6, 6.07) is 1.83. The predicted molar refractivity (Wildman–Crippen MR) is 68.1 cm³/mol. The second-order valence-electron chi connectivity index (χ2n) is 4.57. The van der Waals surface area contributed by atoms with Crippen molar-refractivity contribution in [3.05, 3.63) is 34.9 Å². The first kappa shape index (κ1) is 11.0. The zero-order valence-corrected chi connectivity index (χ0v) is 9.71. The number of fused-ring (bicyclic) bond motifs is 1. The van der Waals surface area contributed by atoms with E-state index in [0.717, 1.165) is 11.9 Å². The number of allylic oxidation sites excluding steroid dienone is 1. The molecule has 0 unspecified atom stereocenters. The van der Waals surface area contributed by atoms with Crippen LogP contribution in [0.5, 0.6) is 0 Å². The molecule has 0 aliphatic heterocycles. The number of aliphatic hydroxyl groups excluding tert-OH is 1. The van der Waals surface area contributed by atoms with Crippen LogP contribution in [0, 0.1) is 5.92 Å². The first-order chi connectivity index (χ1) is 8.69. The molecule has 1 aliphatic carbocycles. The van der Waals surface area contributed by atoms with Crippen LogP contribution >= 0.6 is 0 Å². The molecule has 2 aromatic heterocycles. The third-order valence-corrected chi connectivity index (χ3v) is 3.34. The van der Waals surface area contributed by atoms with E-state index >= 15 is 0 Å². The van der Waals surface area contributed by atoms with E-state index in [9.17, 15) is 4.79 Å². The zero-order chi connectivity index (χ0) is 12.7. The highest BCUT2D eigenvalue weighted by Gasteiger charge is 2.21. The lowest BCUT2D eigenvalue weighted by Crippen LogP contribution is -2.11. The smallest absolute Gasteiger partial charge is 0.277 e. The zero-order valence-electron chi connectivity index (χ0n) is 9.71. The summed E-state index contributed by atoms with van der Waals surface area (Å²) < 4.78 is 1.92. The summed E-state index contributed by atoms with van der Waals surface area (Å²) in [6.07, 6.45) is 6.48. The lowest BCUT2D eigenvalue weighted by atomic mass is 10.1. The monoisotopic (exact) mass is 246 g/mol. The van der Waals surface area contributed by atoms with Gasteiger partial charge in [-0.1, -0.05) is 12.2 Å². The number of hydrogen-bond acceptors (Lipinski definition) is 4. The van der Waals surface area contributed by atoms with Gasteiger partial charge >= 0.3 is 0 Å². The molecule has 0 amide bonds. The minimum absolute atomic E-state index is 0.119. The fourth-order valence-corrected chi connectivity index (χ4v) is 2.42. The van der Waals surface area contributed by atoms with Gasteiger partial charge in [0.05, 0.1) is 17.9 Å². The van der Waals surface area contributed by atoms with Crippen LogP contribution < -0.4 is 11.3 Å². The lowest BCUT2D eigenvalue weighted by Gasteiger charge is -2.13. The number of aromatic amines is 1. The van der Waals surface area contributed by atoms with Crippen LogP contribution in [-0.2, 0) is 0 Å². The Morgan fingerprint density at radius 2 is 2.39 bits per heavy atom. The van der Waals surface area contributed by atoms with E-state index in [1.54, 1.807) is 12.4 Å². The van der Waals surface area contributed by atoms with Crippen molar-refractivity contribution < 1.29 is 5.11 Å². The van der Waals surface area contributed by atoms with Crippen molar-refractivity contribution >= 4 is 16.9 Å². The molecule has 0 bridgehead atoms. The van der Waals surface area contributed by atoms with Gasteiger partial charge in [-0.2, -0.15) is 0 Å². The van der Waals surface area contributed by atoms with Gasteiger partial charge in [-0.15, -0.1) is 0 Å². The lowest BCUT2D eigenvalue weighted by molar-refractivity contribution is 0.244. The second kappa shape index (κ2) is 3.99. The summed E-state index contributed by atoms with van der Waals surface area (Å²) in [4.78, 5) is 18.3. The molecule has 1 aliphatic rings. The van der Waals surface area contributed by atoms with Gasteiger partial charge in [0.1, 0.15) is 5.82 Å². The number of anilines is 1. The number of nitrogen functional groups attached to an aromatic ring is 1. The van der Waals surface area contributed by atoms with Gasteiger partial charge in [-0.3, -0.25) is 4.79 Å². The Balaban J connectivity index is 2.09. The molecule has 4 N–H and O–H groups in total. The average Bonchev–Trinajstić information content (AvgIpc) is 2.93. The Labute approximate surface area is 103 Å². The Morgan fingerprint density at radius 3 is 3.11 bits per heavy atom. The third kappa shape index (κ3) is 1.62. The van der Waals surface area contributed by atoms with Crippen LogP contribution in [0.15, 0.2) is 29.3 Å². The van der Waals surface area contributed by atoms with Crippen molar-refractivity contribution in [3.8, 4) is 0 Å². The number of pyridine rings is 1. The van der Waals surface area contributed by atoms with Crippen LogP contribution in [-0.4, -0.2) is 26.2 Å². The van der Waals surface area contributed by atoms with Crippen molar-refractivity contribution in [3.63, 3.8) is 0 Å². The molecule has 0 saturated heterocycles. The van der Waals surface area contributed by atoms with Crippen molar-refractivity contribution in [1.29, 1.82) is 0 Å². The van der Waals surface area contributed by atoms with Crippen LogP contribution in [0.4, 0.5) is 5.82 Å². The third-order valence-electron chi connectivity index (χ3n) is 3.34. The van der Waals surface area contributed by atoms with Crippen LogP contribution in [0.2, 0.25) is 0 Å². The van der Waals surface area contributed by atoms with E-state index in [0.29, 0.717) is 11.3 Å². The van der Waals surface area contributed by atoms with Crippen molar-refractivity contribution in [1.82, 2.24) is 14.5 Å². The Hall–Kier alpha value is -2.08. The Kier molecular flexibility index (Phi) is 2.45. The molecule has 0 spiro atoms. The Bertz CT molecular complexity index is 670. The van der Waals surface area contributed by atoms with Crippen LogP contribution in [0.25, 0.3) is 11.0 Å². The van der Waals surface area contributed by atoms with Gasteiger partial charge < -0.3 is 20.4 Å². The summed E-state index contributed by atoms with van der Waals surface area (Å²) in [5, 5.41) is 9.13. The van der Waals surface area contributed by atoms with E-state index in [4.69, 9.17) is 10.8 Å². The molecular formula is C12H14N4O2. The predicted octanol–water partition coefficient (Wildman–Crippen LogP) is 0.416. The van der Waals surface area contributed by atoms with E-state index in [2.05, 4.69) is 9.97 Å². The Morgan fingerprint density at radius 1 is 1.56 bits per heavy atom.